The fraction of sp³-hybridized carbons (Fsp3) is 0.333. The van der Waals surface area contributed by atoms with Gasteiger partial charge in [-0.05, 0) is 18.6 Å². The van der Waals surface area contributed by atoms with Gasteiger partial charge in [0, 0.05) is 7.11 Å². The Morgan fingerprint density at radius 2 is 2.33 bits per heavy atom. The Labute approximate surface area is 110 Å². The summed E-state index contributed by atoms with van der Waals surface area (Å²) in [4.78, 5) is 16.4. The number of nitrogens with zero attached hydrogens (tertiary/aromatic N) is 2. The minimum absolute atomic E-state index is 0.178. The molecule has 18 heavy (non-hydrogen) atoms. The molecular formula is C12H11ClN2O3. The van der Waals surface area contributed by atoms with Crippen molar-refractivity contribution in [3.05, 3.63) is 34.1 Å². The van der Waals surface area contributed by atoms with Gasteiger partial charge in [0.1, 0.15) is 6.61 Å². The van der Waals surface area contributed by atoms with Crippen LogP contribution in [0.1, 0.15) is 5.56 Å². The molecule has 1 fully saturated rings. The second kappa shape index (κ2) is 4.84. The maximum atomic E-state index is 11.7. The van der Waals surface area contributed by atoms with E-state index >= 15 is 0 Å². The molecule has 1 heterocycles. The van der Waals surface area contributed by atoms with E-state index in [0.717, 1.165) is 0 Å². The number of carbonyl (C=O) groups excluding carboxylic acids is 1. The number of benzene rings is 1. The van der Waals surface area contributed by atoms with Gasteiger partial charge in [-0.2, -0.15) is 0 Å². The topological polar surface area (TPSA) is 43.1 Å². The van der Waals surface area contributed by atoms with Gasteiger partial charge < -0.3 is 9.47 Å². The van der Waals surface area contributed by atoms with Crippen molar-refractivity contribution in [3.8, 4) is 0 Å². The van der Waals surface area contributed by atoms with Gasteiger partial charge in [0.2, 0.25) is 5.69 Å². The molecule has 1 aliphatic rings. The minimum Gasteiger partial charge on any atom is -0.444 e. The van der Waals surface area contributed by atoms with Gasteiger partial charge in [-0.15, -0.1) is 0 Å². The van der Waals surface area contributed by atoms with Crippen molar-refractivity contribution in [2.24, 2.45) is 0 Å². The predicted molar refractivity (Wildman–Crippen MR) is 67.1 cm³/mol. The number of ether oxygens (including phenoxy) is 2. The van der Waals surface area contributed by atoms with E-state index in [-0.39, 0.29) is 6.61 Å². The fourth-order valence-corrected chi connectivity index (χ4v) is 2.04. The number of hydrogen-bond acceptors (Lipinski definition) is 3. The number of rotatable bonds is 2. The third kappa shape index (κ3) is 1.90. The van der Waals surface area contributed by atoms with E-state index < -0.39 is 12.3 Å². The van der Waals surface area contributed by atoms with Crippen LogP contribution in [-0.2, 0) is 9.47 Å². The van der Waals surface area contributed by atoms with Crippen LogP contribution in [0.4, 0.5) is 16.2 Å². The molecule has 0 aromatic heterocycles. The van der Waals surface area contributed by atoms with E-state index in [2.05, 4.69) is 4.85 Å². The van der Waals surface area contributed by atoms with Crippen LogP contribution in [0.2, 0.25) is 5.02 Å². The first-order chi connectivity index (χ1) is 8.60. The Hall–Kier alpha value is -1.77. The molecule has 6 heteroatoms. The summed E-state index contributed by atoms with van der Waals surface area (Å²) in [5, 5.41) is 0.344. The molecular weight excluding hydrogens is 256 g/mol. The van der Waals surface area contributed by atoms with Crippen molar-refractivity contribution in [1.82, 2.24) is 0 Å². The average Bonchev–Trinajstić information content (AvgIpc) is 2.74. The van der Waals surface area contributed by atoms with Gasteiger partial charge in [0.15, 0.2) is 6.23 Å². The number of halogens is 1. The quantitative estimate of drug-likeness (QED) is 0.773. The number of amides is 1. The van der Waals surface area contributed by atoms with E-state index in [9.17, 15) is 4.79 Å². The van der Waals surface area contributed by atoms with Crippen molar-refractivity contribution in [3.63, 3.8) is 0 Å². The molecule has 5 nitrogen and oxygen atoms in total. The number of cyclic esters (lactones) is 1. The van der Waals surface area contributed by atoms with Crippen molar-refractivity contribution in [2.45, 2.75) is 13.2 Å². The van der Waals surface area contributed by atoms with E-state index in [4.69, 9.17) is 27.6 Å². The summed E-state index contributed by atoms with van der Waals surface area (Å²) in [6.45, 7) is 8.92. The Bertz CT molecular complexity index is 539. The van der Waals surface area contributed by atoms with Gasteiger partial charge in [-0.1, -0.05) is 17.7 Å². The molecule has 1 aromatic carbocycles. The number of hydrogen-bond donors (Lipinski definition) is 0. The van der Waals surface area contributed by atoms with Crippen LogP contribution < -0.4 is 4.90 Å². The van der Waals surface area contributed by atoms with Crippen LogP contribution in [0, 0.1) is 13.5 Å². The summed E-state index contributed by atoms with van der Waals surface area (Å²) < 4.78 is 10.1. The van der Waals surface area contributed by atoms with Gasteiger partial charge in [0.25, 0.3) is 0 Å². The Kier molecular flexibility index (Phi) is 3.41. The van der Waals surface area contributed by atoms with Crippen LogP contribution in [0.25, 0.3) is 4.85 Å². The first-order valence-corrected chi connectivity index (χ1v) is 5.63. The van der Waals surface area contributed by atoms with E-state index in [1.54, 1.807) is 19.1 Å². The first kappa shape index (κ1) is 12.7. The highest BCUT2D eigenvalue weighted by Crippen LogP contribution is 2.36. The summed E-state index contributed by atoms with van der Waals surface area (Å²) in [7, 11) is 1.50. The van der Waals surface area contributed by atoms with Gasteiger partial charge in [0.05, 0.1) is 17.3 Å². The second-order valence-electron chi connectivity index (χ2n) is 3.79. The zero-order chi connectivity index (χ0) is 13.3. The number of carbonyl (C=O) groups is 1. The second-order valence-corrected chi connectivity index (χ2v) is 4.17. The molecule has 0 spiro atoms. The van der Waals surface area contributed by atoms with Crippen molar-refractivity contribution < 1.29 is 14.3 Å². The zero-order valence-corrected chi connectivity index (χ0v) is 10.7. The minimum atomic E-state index is -0.475. The maximum absolute atomic E-state index is 11.7. The van der Waals surface area contributed by atoms with E-state index in [0.29, 0.717) is 22.0 Å². The lowest BCUT2D eigenvalue weighted by atomic mass is 10.1. The largest absolute Gasteiger partial charge is 0.444 e. The first-order valence-electron chi connectivity index (χ1n) is 5.25. The highest BCUT2D eigenvalue weighted by Gasteiger charge is 2.35. The van der Waals surface area contributed by atoms with Crippen molar-refractivity contribution in [1.29, 1.82) is 0 Å². The van der Waals surface area contributed by atoms with E-state index in [1.807, 2.05) is 0 Å². The van der Waals surface area contributed by atoms with E-state index in [1.165, 1.54) is 12.0 Å². The lowest BCUT2D eigenvalue weighted by Gasteiger charge is -2.22. The third-order valence-corrected chi connectivity index (χ3v) is 3.30. The lowest BCUT2D eigenvalue weighted by molar-refractivity contribution is 0.0875. The van der Waals surface area contributed by atoms with Crippen LogP contribution in [0.3, 0.4) is 0 Å². The fourth-order valence-electron chi connectivity index (χ4n) is 1.84. The summed E-state index contributed by atoms with van der Waals surface area (Å²) in [5.41, 5.74) is 1.62. The van der Waals surface area contributed by atoms with Crippen molar-refractivity contribution in [2.75, 3.05) is 18.6 Å². The molecule has 1 aromatic rings. The van der Waals surface area contributed by atoms with Crippen LogP contribution in [-0.4, -0.2) is 26.0 Å². The monoisotopic (exact) mass is 266 g/mol. The molecule has 0 saturated carbocycles. The summed E-state index contributed by atoms with van der Waals surface area (Å²) in [5.74, 6) is 0. The molecule has 0 radical (unpaired) electrons. The maximum Gasteiger partial charge on any atom is 0.416 e. The Morgan fingerprint density at radius 1 is 1.61 bits per heavy atom. The van der Waals surface area contributed by atoms with Gasteiger partial charge in [-0.3, -0.25) is 0 Å². The normalized spacial score (nSPS) is 18.7. The van der Waals surface area contributed by atoms with Crippen LogP contribution >= 0.6 is 11.6 Å². The summed E-state index contributed by atoms with van der Waals surface area (Å²) >= 11 is 6.08. The SMILES string of the molecule is [C-]#[N+]c1ccc(N2C(=O)OC[C@@H]2OC)c(C)c1Cl. The summed E-state index contributed by atoms with van der Waals surface area (Å²) in [6.07, 6.45) is -0.942. The highest BCUT2D eigenvalue weighted by atomic mass is 35.5. The molecule has 1 saturated heterocycles. The summed E-state index contributed by atoms with van der Waals surface area (Å²) in [6, 6.07) is 3.25. The lowest BCUT2D eigenvalue weighted by Crippen LogP contribution is -2.35. The molecule has 94 valence electrons. The Balaban J connectivity index is 2.49. The molecule has 0 bridgehead atoms. The predicted octanol–water partition coefficient (Wildman–Crippen LogP) is 3.13. The third-order valence-electron chi connectivity index (χ3n) is 2.82. The molecule has 1 amide bonds. The highest BCUT2D eigenvalue weighted by molar-refractivity contribution is 6.34. The zero-order valence-electron chi connectivity index (χ0n) is 9.94. The molecule has 2 rings (SSSR count). The average molecular weight is 267 g/mol. The molecule has 0 N–H and O–H groups in total. The number of methoxy groups -OCH3 is 1. The van der Waals surface area contributed by atoms with Crippen molar-refractivity contribution >= 4 is 29.1 Å². The molecule has 0 unspecified atom stereocenters. The smallest absolute Gasteiger partial charge is 0.416 e. The molecule has 1 atom stereocenters. The molecule has 0 aliphatic carbocycles. The van der Waals surface area contributed by atoms with Crippen LogP contribution in [0.15, 0.2) is 12.1 Å². The van der Waals surface area contributed by atoms with Crippen LogP contribution in [0.5, 0.6) is 0 Å². The van der Waals surface area contributed by atoms with Gasteiger partial charge >= 0.3 is 6.09 Å². The standard InChI is InChI=1S/C12H11ClN2O3/c1-7-9(5-4-8(14-2)11(7)13)15-10(17-3)6-18-12(15)16/h4-5,10H,6H2,1,3H3/t10-/m0/s1. The van der Waals surface area contributed by atoms with Gasteiger partial charge in [-0.25, -0.2) is 14.5 Å². The Morgan fingerprint density at radius 3 is 2.94 bits per heavy atom. The molecule has 1 aliphatic heterocycles. The number of anilines is 1.